The van der Waals surface area contributed by atoms with Gasteiger partial charge in [-0.25, -0.2) is 9.78 Å². The van der Waals surface area contributed by atoms with Crippen LogP contribution in [0.4, 0.5) is 4.79 Å². The molecule has 144 valence electrons. The number of aromatic amines is 1. The van der Waals surface area contributed by atoms with Gasteiger partial charge in [0.05, 0.1) is 5.60 Å². The van der Waals surface area contributed by atoms with Crippen LogP contribution < -0.4 is 5.32 Å². The van der Waals surface area contributed by atoms with Gasteiger partial charge in [0.1, 0.15) is 5.82 Å². The Labute approximate surface area is 160 Å². The number of benzene rings is 1. The third-order valence-corrected chi connectivity index (χ3v) is 6.20. The van der Waals surface area contributed by atoms with E-state index in [9.17, 15) is 9.90 Å². The van der Waals surface area contributed by atoms with Gasteiger partial charge in [-0.1, -0.05) is 43.2 Å². The summed E-state index contributed by atoms with van der Waals surface area (Å²) < 4.78 is 0. The fourth-order valence-corrected chi connectivity index (χ4v) is 4.84. The number of piperidine rings is 1. The SMILES string of the molecule is O=C(NCCc1ncc[nH]1)N1CC[C@@](O)(c2ccccc2)[C@H]2CCCC[C@H]21. The third kappa shape index (κ3) is 3.58. The van der Waals surface area contributed by atoms with Crippen LogP contribution in [0.3, 0.4) is 0 Å². The van der Waals surface area contributed by atoms with Crippen molar-refractivity contribution in [1.29, 1.82) is 0 Å². The van der Waals surface area contributed by atoms with Gasteiger partial charge in [0, 0.05) is 43.9 Å². The van der Waals surface area contributed by atoms with E-state index in [1.807, 2.05) is 35.2 Å². The Hall–Kier alpha value is -2.34. The van der Waals surface area contributed by atoms with E-state index in [4.69, 9.17) is 0 Å². The minimum Gasteiger partial charge on any atom is -0.385 e. The van der Waals surface area contributed by atoms with Crippen LogP contribution in [0.25, 0.3) is 0 Å². The van der Waals surface area contributed by atoms with Crippen molar-refractivity contribution in [2.45, 2.75) is 50.2 Å². The average molecular weight is 368 g/mol. The number of aliphatic hydroxyl groups is 1. The molecule has 1 aliphatic heterocycles. The zero-order valence-corrected chi connectivity index (χ0v) is 15.6. The topological polar surface area (TPSA) is 81.2 Å². The Morgan fingerprint density at radius 3 is 2.89 bits per heavy atom. The summed E-state index contributed by atoms with van der Waals surface area (Å²) in [6.07, 6.45) is 8.94. The molecule has 0 unspecified atom stereocenters. The minimum absolute atomic E-state index is 0.0198. The molecule has 1 saturated carbocycles. The zero-order valence-electron chi connectivity index (χ0n) is 15.6. The van der Waals surface area contributed by atoms with Crippen LogP contribution in [0.5, 0.6) is 0 Å². The Bertz CT molecular complexity index is 749. The second-order valence-corrected chi connectivity index (χ2v) is 7.71. The van der Waals surface area contributed by atoms with E-state index >= 15 is 0 Å². The normalized spacial score (nSPS) is 27.8. The van der Waals surface area contributed by atoms with Crippen LogP contribution in [-0.2, 0) is 12.0 Å². The van der Waals surface area contributed by atoms with Gasteiger partial charge < -0.3 is 20.3 Å². The first-order valence-corrected chi connectivity index (χ1v) is 9.99. The summed E-state index contributed by atoms with van der Waals surface area (Å²) in [5.41, 5.74) is 0.150. The summed E-state index contributed by atoms with van der Waals surface area (Å²) >= 11 is 0. The van der Waals surface area contributed by atoms with Crippen molar-refractivity contribution in [3.8, 4) is 0 Å². The lowest BCUT2D eigenvalue weighted by Crippen LogP contribution is -2.60. The van der Waals surface area contributed by atoms with Crippen LogP contribution >= 0.6 is 0 Å². The number of H-pyrrole nitrogens is 1. The highest BCUT2D eigenvalue weighted by Gasteiger charge is 2.50. The number of nitrogens with zero attached hydrogens (tertiary/aromatic N) is 2. The molecule has 6 nitrogen and oxygen atoms in total. The summed E-state index contributed by atoms with van der Waals surface area (Å²) in [7, 11) is 0. The second kappa shape index (κ2) is 7.72. The molecule has 1 saturated heterocycles. The Kier molecular flexibility index (Phi) is 5.16. The molecule has 2 amide bonds. The lowest BCUT2D eigenvalue weighted by atomic mass is 9.66. The lowest BCUT2D eigenvalue weighted by Gasteiger charge is -2.52. The van der Waals surface area contributed by atoms with E-state index in [-0.39, 0.29) is 18.0 Å². The molecule has 3 atom stereocenters. The van der Waals surface area contributed by atoms with Crippen LogP contribution in [0.15, 0.2) is 42.7 Å². The molecule has 27 heavy (non-hydrogen) atoms. The van der Waals surface area contributed by atoms with E-state index < -0.39 is 5.60 Å². The number of amides is 2. The van der Waals surface area contributed by atoms with Gasteiger partial charge in [-0.2, -0.15) is 0 Å². The highest BCUT2D eigenvalue weighted by molar-refractivity contribution is 5.74. The maximum atomic E-state index is 12.8. The summed E-state index contributed by atoms with van der Waals surface area (Å²) in [5, 5.41) is 14.6. The van der Waals surface area contributed by atoms with Crippen LogP contribution in [0, 0.1) is 5.92 Å². The fraction of sp³-hybridized carbons (Fsp3) is 0.524. The Balaban J connectivity index is 1.45. The Morgan fingerprint density at radius 1 is 1.30 bits per heavy atom. The van der Waals surface area contributed by atoms with E-state index in [0.717, 1.165) is 37.1 Å². The van der Waals surface area contributed by atoms with Crippen LogP contribution in [0.2, 0.25) is 0 Å². The number of nitrogens with one attached hydrogen (secondary N) is 2. The van der Waals surface area contributed by atoms with Gasteiger partial charge in [-0.05, 0) is 24.8 Å². The molecular weight excluding hydrogens is 340 g/mol. The molecule has 2 fully saturated rings. The molecule has 1 aromatic carbocycles. The number of likely N-dealkylation sites (tertiary alicyclic amines) is 1. The van der Waals surface area contributed by atoms with Crippen molar-refractivity contribution >= 4 is 6.03 Å². The van der Waals surface area contributed by atoms with Crippen molar-refractivity contribution in [2.75, 3.05) is 13.1 Å². The molecule has 2 heterocycles. The molecule has 2 aliphatic rings. The fourth-order valence-electron chi connectivity index (χ4n) is 4.84. The van der Waals surface area contributed by atoms with E-state index in [0.29, 0.717) is 25.9 Å². The van der Waals surface area contributed by atoms with Crippen LogP contribution in [0.1, 0.15) is 43.5 Å². The number of imidazole rings is 1. The first-order valence-electron chi connectivity index (χ1n) is 9.99. The first kappa shape index (κ1) is 18.0. The maximum absolute atomic E-state index is 12.8. The number of rotatable bonds is 4. The van der Waals surface area contributed by atoms with Crippen molar-refractivity contribution in [2.24, 2.45) is 5.92 Å². The quantitative estimate of drug-likeness (QED) is 0.776. The number of aromatic nitrogens is 2. The first-order chi connectivity index (χ1) is 13.2. The third-order valence-electron chi connectivity index (χ3n) is 6.20. The number of carbonyl (C=O) groups is 1. The van der Waals surface area contributed by atoms with Gasteiger partial charge >= 0.3 is 6.03 Å². The molecular formula is C21H28N4O2. The molecule has 1 aliphatic carbocycles. The van der Waals surface area contributed by atoms with E-state index in [2.05, 4.69) is 15.3 Å². The van der Waals surface area contributed by atoms with Gasteiger partial charge in [0.2, 0.25) is 0 Å². The standard InChI is InChI=1S/C21H28N4O2/c26-20(24-12-10-19-22-13-14-23-19)25-15-11-21(27,16-6-2-1-3-7-16)17-8-4-5-9-18(17)25/h1-3,6-7,13-14,17-18,27H,4-5,8-12,15H2,(H,22,23)(H,24,26)/t17-,18+,21+/m0/s1. The minimum atomic E-state index is -0.836. The van der Waals surface area contributed by atoms with Crippen molar-refractivity contribution in [3.63, 3.8) is 0 Å². The van der Waals surface area contributed by atoms with E-state index in [1.54, 1.807) is 12.4 Å². The predicted molar refractivity (Wildman–Crippen MR) is 103 cm³/mol. The molecule has 3 N–H and O–H groups in total. The van der Waals surface area contributed by atoms with Crippen molar-refractivity contribution < 1.29 is 9.90 Å². The molecule has 6 heteroatoms. The highest BCUT2D eigenvalue weighted by Crippen LogP contribution is 2.46. The maximum Gasteiger partial charge on any atom is 0.317 e. The average Bonchev–Trinajstić information content (AvgIpc) is 3.22. The van der Waals surface area contributed by atoms with Gasteiger partial charge in [0.25, 0.3) is 0 Å². The molecule has 0 bridgehead atoms. The molecule has 4 rings (SSSR count). The molecule has 0 radical (unpaired) electrons. The van der Waals surface area contributed by atoms with Gasteiger partial charge in [-0.15, -0.1) is 0 Å². The smallest absolute Gasteiger partial charge is 0.317 e. The number of urea groups is 1. The van der Waals surface area contributed by atoms with E-state index in [1.165, 1.54) is 0 Å². The number of hydrogen-bond acceptors (Lipinski definition) is 3. The summed E-state index contributed by atoms with van der Waals surface area (Å²) in [6, 6.07) is 10.1. The predicted octanol–water partition coefficient (Wildman–Crippen LogP) is 2.81. The molecule has 2 aromatic rings. The zero-order chi connectivity index (χ0) is 18.7. The van der Waals surface area contributed by atoms with Crippen LogP contribution in [-0.4, -0.2) is 45.1 Å². The largest absolute Gasteiger partial charge is 0.385 e. The van der Waals surface area contributed by atoms with Gasteiger partial charge in [0.15, 0.2) is 0 Å². The summed E-state index contributed by atoms with van der Waals surface area (Å²) in [5.74, 6) is 0.973. The number of fused-ring (bicyclic) bond motifs is 1. The van der Waals surface area contributed by atoms with Crippen molar-refractivity contribution in [3.05, 3.63) is 54.1 Å². The van der Waals surface area contributed by atoms with Gasteiger partial charge in [-0.3, -0.25) is 0 Å². The summed E-state index contributed by atoms with van der Waals surface area (Å²) in [4.78, 5) is 22.0. The highest BCUT2D eigenvalue weighted by atomic mass is 16.3. The summed E-state index contributed by atoms with van der Waals surface area (Å²) in [6.45, 7) is 1.14. The van der Waals surface area contributed by atoms with Crippen molar-refractivity contribution in [1.82, 2.24) is 20.2 Å². The second-order valence-electron chi connectivity index (χ2n) is 7.71. The number of hydrogen-bond donors (Lipinski definition) is 3. The Morgan fingerprint density at radius 2 is 2.11 bits per heavy atom. The molecule has 1 aromatic heterocycles. The molecule has 0 spiro atoms. The monoisotopic (exact) mass is 368 g/mol. The number of carbonyl (C=O) groups excluding carboxylic acids is 1. The lowest BCUT2D eigenvalue weighted by molar-refractivity contribution is -0.108.